The Morgan fingerprint density at radius 3 is 2.54 bits per heavy atom. The van der Waals surface area contributed by atoms with E-state index in [2.05, 4.69) is 44.9 Å². The summed E-state index contributed by atoms with van der Waals surface area (Å²) in [6, 6.07) is 16.1. The molecule has 0 unspecified atom stereocenters. The number of carbonyl (C=O) groups excluding carboxylic acids is 1. The minimum absolute atomic E-state index is 0.0563. The SMILES string of the molecule is CCn1c(CNC(=O)c2ccc(CN3CCCCC3)cc2)nc2ccccc21. The molecule has 1 amide bonds. The van der Waals surface area contributed by atoms with Crippen LogP contribution in [0.4, 0.5) is 0 Å². The Labute approximate surface area is 166 Å². The molecule has 0 radical (unpaired) electrons. The van der Waals surface area contributed by atoms with Gasteiger partial charge in [-0.15, -0.1) is 0 Å². The number of imidazole rings is 1. The molecule has 1 fully saturated rings. The Hall–Kier alpha value is -2.66. The number of aryl methyl sites for hydroxylation is 1. The van der Waals surface area contributed by atoms with Crippen molar-refractivity contribution >= 4 is 16.9 Å². The Bertz CT molecular complexity index is 939. The van der Waals surface area contributed by atoms with E-state index in [1.165, 1.54) is 37.9 Å². The molecule has 0 aliphatic carbocycles. The fraction of sp³-hybridized carbons (Fsp3) is 0.391. The first-order chi connectivity index (χ1) is 13.7. The Morgan fingerprint density at radius 2 is 1.79 bits per heavy atom. The number of fused-ring (bicyclic) bond motifs is 1. The van der Waals surface area contributed by atoms with Crippen LogP contribution in [0, 0.1) is 0 Å². The topological polar surface area (TPSA) is 50.2 Å². The first kappa shape index (κ1) is 18.7. The summed E-state index contributed by atoms with van der Waals surface area (Å²) in [5.41, 5.74) is 4.04. The lowest BCUT2D eigenvalue weighted by atomic mass is 10.1. The zero-order chi connectivity index (χ0) is 19.3. The van der Waals surface area contributed by atoms with E-state index in [1.54, 1.807) is 0 Å². The second kappa shape index (κ2) is 8.57. The summed E-state index contributed by atoms with van der Waals surface area (Å²) in [4.78, 5) is 19.7. The molecule has 0 saturated carbocycles. The van der Waals surface area contributed by atoms with Crippen molar-refractivity contribution in [1.82, 2.24) is 19.8 Å². The molecule has 4 rings (SSSR count). The van der Waals surface area contributed by atoms with Crippen LogP contribution in [0.25, 0.3) is 11.0 Å². The quantitative estimate of drug-likeness (QED) is 0.708. The maximum Gasteiger partial charge on any atom is 0.251 e. The Morgan fingerprint density at radius 1 is 1.04 bits per heavy atom. The number of piperidine rings is 1. The van der Waals surface area contributed by atoms with E-state index in [0.29, 0.717) is 12.1 Å². The van der Waals surface area contributed by atoms with Crippen LogP contribution in [0.3, 0.4) is 0 Å². The van der Waals surface area contributed by atoms with E-state index < -0.39 is 0 Å². The van der Waals surface area contributed by atoms with Crippen molar-refractivity contribution in [2.45, 2.75) is 45.8 Å². The largest absolute Gasteiger partial charge is 0.345 e. The van der Waals surface area contributed by atoms with Crippen LogP contribution in [0.5, 0.6) is 0 Å². The second-order valence-corrected chi connectivity index (χ2v) is 7.48. The van der Waals surface area contributed by atoms with Crippen LogP contribution in [0.1, 0.15) is 47.9 Å². The van der Waals surface area contributed by atoms with E-state index in [9.17, 15) is 4.79 Å². The normalized spacial score (nSPS) is 15.0. The molecule has 146 valence electrons. The fourth-order valence-corrected chi connectivity index (χ4v) is 4.01. The van der Waals surface area contributed by atoms with Gasteiger partial charge in [0.2, 0.25) is 0 Å². The zero-order valence-electron chi connectivity index (χ0n) is 16.5. The monoisotopic (exact) mass is 376 g/mol. The fourth-order valence-electron chi connectivity index (χ4n) is 4.01. The predicted molar refractivity (Wildman–Crippen MR) is 112 cm³/mol. The number of carbonyl (C=O) groups is 1. The van der Waals surface area contributed by atoms with Crippen LogP contribution in [-0.4, -0.2) is 33.4 Å². The van der Waals surface area contributed by atoms with Gasteiger partial charge in [-0.05, 0) is 62.7 Å². The van der Waals surface area contributed by atoms with Crippen LogP contribution < -0.4 is 5.32 Å². The third-order valence-electron chi connectivity index (χ3n) is 5.53. The van der Waals surface area contributed by atoms with Crippen LogP contribution in [0.15, 0.2) is 48.5 Å². The number of amides is 1. The molecule has 0 bridgehead atoms. The Kier molecular flexibility index (Phi) is 5.72. The highest BCUT2D eigenvalue weighted by atomic mass is 16.1. The lowest BCUT2D eigenvalue weighted by Crippen LogP contribution is -2.29. The van der Waals surface area contributed by atoms with Gasteiger partial charge < -0.3 is 9.88 Å². The molecule has 1 N–H and O–H groups in total. The minimum atomic E-state index is -0.0563. The zero-order valence-corrected chi connectivity index (χ0v) is 16.5. The molecule has 28 heavy (non-hydrogen) atoms. The molecule has 1 aliphatic heterocycles. The maximum absolute atomic E-state index is 12.6. The molecule has 0 atom stereocenters. The highest BCUT2D eigenvalue weighted by molar-refractivity contribution is 5.94. The smallest absolute Gasteiger partial charge is 0.251 e. The number of hydrogen-bond donors (Lipinski definition) is 1. The number of likely N-dealkylation sites (tertiary alicyclic amines) is 1. The van der Waals surface area contributed by atoms with Gasteiger partial charge in [0.15, 0.2) is 0 Å². The van der Waals surface area contributed by atoms with Crippen molar-refractivity contribution in [2.75, 3.05) is 13.1 Å². The summed E-state index contributed by atoms with van der Waals surface area (Å²) in [7, 11) is 0. The average molecular weight is 377 g/mol. The summed E-state index contributed by atoms with van der Waals surface area (Å²) in [5.74, 6) is 0.831. The highest BCUT2D eigenvalue weighted by Gasteiger charge is 2.13. The molecular weight excluding hydrogens is 348 g/mol. The van der Waals surface area contributed by atoms with Gasteiger partial charge in [0.25, 0.3) is 5.91 Å². The molecule has 1 saturated heterocycles. The molecule has 2 heterocycles. The van der Waals surface area contributed by atoms with E-state index in [-0.39, 0.29) is 5.91 Å². The third-order valence-corrected chi connectivity index (χ3v) is 5.53. The molecule has 2 aromatic carbocycles. The van der Waals surface area contributed by atoms with Gasteiger partial charge in [-0.2, -0.15) is 0 Å². The second-order valence-electron chi connectivity index (χ2n) is 7.48. The first-order valence-corrected chi connectivity index (χ1v) is 10.3. The molecule has 1 aliphatic rings. The van der Waals surface area contributed by atoms with Gasteiger partial charge in [-0.25, -0.2) is 4.98 Å². The lowest BCUT2D eigenvalue weighted by molar-refractivity contribution is 0.0949. The van der Waals surface area contributed by atoms with E-state index in [1.807, 2.05) is 30.3 Å². The standard InChI is InChI=1S/C23H28N4O/c1-2-27-21-9-5-4-8-20(21)25-22(27)16-24-23(28)19-12-10-18(11-13-19)17-26-14-6-3-7-15-26/h4-5,8-13H,2-3,6-7,14-17H2,1H3,(H,24,28). The number of hydrogen-bond acceptors (Lipinski definition) is 3. The molecule has 5 heteroatoms. The molecular formula is C23H28N4O. The number of nitrogens with zero attached hydrogens (tertiary/aromatic N) is 3. The molecule has 0 spiro atoms. The summed E-state index contributed by atoms with van der Waals surface area (Å²) < 4.78 is 2.15. The minimum Gasteiger partial charge on any atom is -0.345 e. The number of benzene rings is 2. The average Bonchev–Trinajstić information content (AvgIpc) is 3.11. The summed E-state index contributed by atoms with van der Waals surface area (Å²) in [6.07, 6.45) is 3.94. The highest BCUT2D eigenvalue weighted by Crippen LogP contribution is 2.16. The number of nitrogens with one attached hydrogen (secondary N) is 1. The van der Waals surface area contributed by atoms with E-state index in [0.717, 1.165) is 29.9 Å². The predicted octanol–water partition coefficient (Wildman–Crippen LogP) is 3.97. The van der Waals surface area contributed by atoms with Gasteiger partial charge in [-0.1, -0.05) is 30.7 Å². The van der Waals surface area contributed by atoms with Crippen LogP contribution in [0.2, 0.25) is 0 Å². The molecule has 1 aromatic heterocycles. The number of rotatable bonds is 6. The van der Waals surface area contributed by atoms with E-state index >= 15 is 0 Å². The van der Waals surface area contributed by atoms with Gasteiger partial charge in [0, 0.05) is 18.7 Å². The van der Waals surface area contributed by atoms with E-state index in [4.69, 9.17) is 0 Å². The van der Waals surface area contributed by atoms with Crippen molar-refractivity contribution < 1.29 is 4.79 Å². The molecule has 5 nitrogen and oxygen atoms in total. The van der Waals surface area contributed by atoms with Gasteiger partial charge >= 0.3 is 0 Å². The van der Waals surface area contributed by atoms with Gasteiger partial charge in [-0.3, -0.25) is 9.69 Å². The van der Waals surface area contributed by atoms with Gasteiger partial charge in [0.1, 0.15) is 5.82 Å². The number of para-hydroxylation sites is 2. The molecule has 3 aromatic rings. The summed E-state index contributed by atoms with van der Waals surface area (Å²) >= 11 is 0. The van der Waals surface area contributed by atoms with Crippen molar-refractivity contribution in [3.8, 4) is 0 Å². The lowest BCUT2D eigenvalue weighted by Gasteiger charge is -2.26. The van der Waals surface area contributed by atoms with Crippen molar-refractivity contribution in [1.29, 1.82) is 0 Å². The maximum atomic E-state index is 12.6. The summed E-state index contributed by atoms with van der Waals surface area (Å²) in [6.45, 7) is 6.69. The third kappa shape index (κ3) is 4.09. The summed E-state index contributed by atoms with van der Waals surface area (Å²) in [5, 5.41) is 3.02. The van der Waals surface area contributed by atoms with Crippen LogP contribution >= 0.6 is 0 Å². The van der Waals surface area contributed by atoms with Crippen molar-refractivity contribution in [2.24, 2.45) is 0 Å². The van der Waals surface area contributed by atoms with Crippen molar-refractivity contribution in [3.05, 3.63) is 65.5 Å². The Balaban J connectivity index is 1.38. The van der Waals surface area contributed by atoms with Gasteiger partial charge in [0.05, 0.1) is 17.6 Å². The van der Waals surface area contributed by atoms with Crippen LogP contribution in [-0.2, 0) is 19.6 Å². The number of aromatic nitrogens is 2. The first-order valence-electron chi connectivity index (χ1n) is 10.3. The van der Waals surface area contributed by atoms with Crippen molar-refractivity contribution in [3.63, 3.8) is 0 Å².